The molecule has 1 aromatic heterocycles. The molecular formula is C15H12N4O3. The van der Waals surface area contributed by atoms with E-state index in [0.717, 1.165) is 10.8 Å². The lowest BCUT2D eigenvalue weighted by Gasteiger charge is -2.07. The highest BCUT2D eigenvalue weighted by Gasteiger charge is 2.14. The van der Waals surface area contributed by atoms with E-state index in [1.165, 1.54) is 16.9 Å². The van der Waals surface area contributed by atoms with Crippen LogP contribution in [0.3, 0.4) is 0 Å². The number of benzene rings is 2. The first-order valence-corrected chi connectivity index (χ1v) is 6.59. The van der Waals surface area contributed by atoms with Crippen molar-refractivity contribution in [3.63, 3.8) is 0 Å². The van der Waals surface area contributed by atoms with E-state index in [4.69, 9.17) is 0 Å². The van der Waals surface area contributed by atoms with Crippen molar-refractivity contribution in [3.05, 3.63) is 64.8 Å². The average Bonchev–Trinajstić information content (AvgIpc) is 2.96. The van der Waals surface area contributed by atoms with E-state index >= 15 is 0 Å². The molecule has 0 bridgehead atoms. The number of fused-ring (bicyclic) bond motifs is 1. The molecule has 0 saturated carbocycles. The summed E-state index contributed by atoms with van der Waals surface area (Å²) in [4.78, 5) is 22.0. The number of amides is 1. The van der Waals surface area contributed by atoms with Gasteiger partial charge in [-0.15, -0.1) is 0 Å². The van der Waals surface area contributed by atoms with Gasteiger partial charge in [-0.1, -0.05) is 36.4 Å². The van der Waals surface area contributed by atoms with E-state index in [2.05, 4.69) is 10.4 Å². The van der Waals surface area contributed by atoms with E-state index < -0.39 is 4.92 Å². The molecule has 7 heteroatoms. The molecule has 0 atom stereocenters. The molecule has 1 heterocycles. The number of aromatic nitrogens is 2. The highest BCUT2D eigenvalue weighted by atomic mass is 16.6. The van der Waals surface area contributed by atoms with Gasteiger partial charge in [-0.3, -0.25) is 4.79 Å². The minimum atomic E-state index is -0.598. The van der Waals surface area contributed by atoms with Gasteiger partial charge >= 0.3 is 5.82 Å². The van der Waals surface area contributed by atoms with Crippen LogP contribution in [0.15, 0.2) is 54.7 Å². The van der Waals surface area contributed by atoms with Gasteiger partial charge in [-0.2, -0.15) is 4.68 Å². The first kappa shape index (κ1) is 13.7. The topological polar surface area (TPSA) is 90.1 Å². The lowest BCUT2D eigenvalue weighted by molar-refractivity contribution is -0.389. The zero-order chi connectivity index (χ0) is 15.5. The van der Waals surface area contributed by atoms with E-state index in [0.29, 0.717) is 5.69 Å². The highest BCUT2D eigenvalue weighted by Crippen LogP contribution is 2.22. The summed E-state index contributed by atoms with van der Waals surface area (Å²) in [6, 6.07) is 14.6. The van der Waals surface area contributed by atoms with Crippen LogP contribution in [0.4, 0.5) is 11.5 Å². The normalized spacial score (nSPS) is 10.5. The Morgan fingerprint density at radius 1 is 1.18 bits per heavy atom. The fourth-order valence-electron chi connectivity index (χ4n) is 2.21. The Balaban J connectivity index is 1.77. The Morgan fingerprint density at radius 3 is 2.73 bits per heavy atom. The van der Waals surface area contributed by atoms with Crippen LogP contribution in [0.2, 0.25) is 0 Å². The van der Waals surface area contributed by atoms with E-state index in [9.17, 15) is 14.9 Å². The average molecular weight is 296 g/mol. The number of nitro groups is 1. The van der Waals surface area contributed by atoms with Crippen molar-refractivity contribution >= 4 is 28.2 Å². The molecule has 110 valence electrons. The van der Waals surface area contributed by atoms with Crippen molar-refractivity contribution in [2.75, 3.05) is 5.32 Å². The number of carbonyl (C=O) groups is 1. The van der Waals surface area contributed by atoms with Crippen molar-refractivity contribution in [2.45, 2.75) is 6.54 Å². The van der Waals surface area contributed by atoms with Crippen molar-refractivity contribution in [1.29, 1.82) is 0 Å². The van der Waals surface area contributed by atoms with Gasteiger partial charge in [0.15, 0.2) is 0 Å². The SMILES string of the molecule is O=C(Cn1ccc([N+](=O)[O-])n1)Nc1cccc2ccccc12. The summed E-state index contributed by atoms with van der Waals surface area (Å²) in [7, 11) is 0. The summed E-state index contributed by atoms with van der Waals surface area (Å²) < 4.78 is 1.23. The molecule has 0 saturated heterocycles. The predicted octanol–water partition coefficient (Wildman–Crippen LogP) is 2.58. The largest absolute Gasteiger partial charge is 0.389 e. The summed E-state index contributed by atoms with van der Waals surface area (Å²) in [6.07, 6.45) is 1.40. The van der Waals surface area contributed by atoms with Gasteiger partial charge in [0, 0.05) is 11.1 Å². The third kappa shape index (κ3) is 2.78. The molecule has 3 rings (SSSR count). The van der Waals surface area contributed by atoms with Gasteiger partial charge in [0.05, 0.1) is 17.4 Å². The van der Waals surface area contributed by atoms with Gasteiger partial charge in [-0.05, 0) is 16.4 Å². The monoisotopic (exact) mass is 296 g/mol. The number of rotatable bonds is 4. The van der Waals surface area contributed by atoms with Gasteiger partial charge in [0.2, 0.25) is 5.91 Å². The smallest absolute Gasteiger partial charge is 0.358 e. The zero-order valence-corrected chi connectivity index (χ0v) is 11.5. The number of hydrogen-bond donors (Lipinski definition) is 1. The van der Waals surface area contributed by atoms with Crippen LogP contribution in [-0.4, -0.2) is 20.6 Å². The van der Waals surface area contributed by atoms with E-state index in [1.54, 1.807) is 0 Å². The molecule has 0 fully saturated rings. The summed E-state index contributed by atoms with van der Waals surface area (Å²) in [5.74, 6) is -0.577. The Kier molecular flexibility index (Phi) is 3.53. The van der Waals surface area contributed by atoms with Crippen LogP contribution in [0.1, 0.15) is 0 Å². The minimum absolute atomic E-state index is 0.0862. The Morgan fingerprint density at radius 2 is 1.95 bits per heavy atom. The van der Waals surface area contributed by atoms with Gasteiger partial charge in [-0.25, -0.2) is 0 Å². The molecular weight excluding hydrogens is 284 g/mol. The van der Waals surface area contributed by atoms with E-state index in [1.807, 2.05) is 42.5 Å². The molecule has 0 aliphatic heterocycles. The number of hydrogen-bond acceptors (Lipinski definition) is 4. The molecule has 7 nitrogen and oxygen atoms in total. The van der Waals surface area contributed by atoms with Crippen molar-refractivity contribution in [1.82, 2.24) is 9.78 Å². The summed E-state index contributed by atoms with van der Waals surface area (Å²) in [6.45, 7) is -0.0862. The van der Waals surface area contributed by atoms with Crippen molar-refractivity contribution in [3.8, 4) is 0 Å². The Labute approximate surface area is 125 Å². The first-order valence-electron chi connectivity index (χ1n) is 6.59. The van der Waals surface area contributed by atoms with Gasteiger partial charge < -0.3 is 15.4 Å². The maximum atomic E-state index is 12.1. The van der Waals surface area contributed by atoms with Gasteiger partial charge in [0.1, 0.15) is 6.54 Å². The molecule has 0 aliphatic carbocycles. The second-order valence-electron chi connectivity index (χ2n) is 4.70. The quantitative estimate of drug-likeness (QED) is 0.592. The van der Waals surface area contributed by atoms with Crippen LogP contribution in [0.5, 0.6) is 0 Å². The second-order valence-corrected chi connectivity index (χ2v) is 4.70. The van der Waals surface area contributed by atoms with Crippen LogP contribution in [0, 0.1) is 10.1 Å². The van der Waals surface area contributed by atoms with Crippen molar-refractivity contribution in [2.24, 2.45) is 0 Å². The number of nitrogens with zero attached hydrogens (tertiary/aromatic N) is 3. The maximum absolute atomic E-state index is 12.1. The van der Waals surface area contributed by atoms with Gasteiger partial charge in [0.25, 0.3) is 0 Å². The zero-order valence-electron chi connectivity index (χ0n) is 11.5. The highest BCUT2D eigenvalue weighted by molar-refractivity contribution is 6.01. The molecule has 1 N–H and O–H groups in total. The fraction of sp³-hybridized carbons (Fsp3) is 0.0667. The van der Waals surface area contributed by atoms with Crippen LogP contribution in [0.25, 0.3) is 10.8 Å². The molecule has 1 amide bonds. The molecule has 0 spiro atoms. The molecule has 2 aromatic carbocycles. The molecule has 3 aromatic rings. The predicted molar refractivity (Wildman–Crippen MR) is 81.5 cm³/mol. The number of carbonyl (C=O) groups excluding carboxylic acids is 1. The lowest BCUT2D eigenvalue weighted by Crippen LogP contribution is -2.19. The Bertz CT molecular complexity index is 851. The third-order valence-corrected chi connectivity index (χ3v) is 3.18. The number of anilines is 1. The molecule has 0 aliphatic rings. The number of nitrogens with one attached hydrogen (secondary N) is 1. The van der Waals surface area contributed by atoms with Crippen molar-refractivity contribution < 1.29 is 9.72 Å². The van der Waals surface area contributed by atoms with Crippen LogP contribution >= 0.6 is 0 Å². The van der Waals surface area contributed by atoms with Crippen LogP contribution in [-0.2, 0) is 11.3 Å². The second kappa shape index (κ2) is 5.65. The standard InChI is InChI=1S/C15H12N4O3/c20-15(10-18-9-8-14(17-18)19(21)22)16-13-7-3-5-11-4-1-2-6-12(11)13/h1-9H,10H2,(H,16,20). The van der Waals surface area contributed by atoms with E-state index in [-0.39, 0.29) is 18.3 Å². The fourth-order valence-corrected chi connectivity index (χ4v) is 2.21. The third-order valence-electron chi connectivity index (χ3n) is 3.18. The van der Waals surface area contributed by atoms with Crippen LogP contribution < -0.4 is 5.32 Å². The molecule has 22 heavy (non-hydrogen) atoms. The first-order chi connectivity index (χ1) is 10.6. The molecule has 0 radical (unpaired) electrons. The maximum Gasteiger partial charge on any atom is 0.389 e. The summed E-state index contributed by atoms with van der Waals surface area (Å²) in [5, 5.41) is 19.0. The summed E-state index contributed by atoms with van der Waals surface area (Å²) in [5.41, 5.74) is 0.699. The Hall–Kier alpha value is -3.22. The molecule has 0 unspecified atom stereocenters. The minimum Gasteiger partial charge on any atom is -0.358 e. The lowest BCUT2D eigenvalue weighted by atomic mass is 10.1. The summed E-state index contributed by atoms with van der Waals surface area (Å²) >= 11 is 0.